The van der Waals surface area contributed by atoms with Gasteiger partial charge in [-0.1, -0.05) is 53.7 Å². The third-order valence-corrected chi connectivity index (χ3v) is 5.70. The number of pyridine rings is 2. The Labute approximate surface area is 217 Å². The van der Waals surface area contributed by atoms with Gasteiger partial charge in [-0.2, -0.15) is 26.3 Å². The lowest BCUT2D eigenvalue weighted by atomic mass is 9.92. The number of nitrogens with zero attached hydrogens (tertiary/aromatic N) is 2. The molecule has 0 fully saturated rings. The quantitative estimate of drug-likeness (QED) is 0.252. The van der Waals surface area contributed by atoms with Crippen molar-refractivity contribution in [1.29, 1.82) is 0 Å². The van der Waals surface area contributed by atoms with Gasteiger partial charge in [-0.05, 0) is 36.4 Å². The summed E-state index contributed by atoms with van der Waals surface area (Å²) in [5, 5.41) is 0. The Morgan fingerprint density at radius 3 is 1.13 bits per heavy atom. The highest BCUT2D eigenvalue weighted by Gasteiger charge is 2.38. The molecular weight excluding hydrogens is 506 g/mol. The van der Waals surface area contributed by atoms with Crippen LogP contribution in [0.1, 0.15) is 64.1 Å². The van der Waals surface area contributed by atoms with Gasteiger partial charge in [-0.3, -0.25) is 9.97 Å². The summed E-state index contributed by atoms with van der Waals surface area (Å²) in [6, 6.07) is 12.1. The highest BCUT2D eigenvalue weighted by Crippen LogP contribution is 2.40. The molecule has 0 bridgehead atoms. The second-order valence-corrected chi connectivity index (χ2v) is 10.9. The summed E-state index contributed by atoms with van der Waals surface area (Å²) in [6.45, 7) is 11.2. The van der Waals surface area contributed by atoms with Crippen molar-refractivity contribution in [2.45, 2.75) is 64.7 Å². The van der Waals surface area contributed by atoms with Crippen molar-refractivity contribution < 1.29 is 26.3 Å². The van der Waals surface area contributed by atoms with Gasteiger partial charge in [0.2, 0.25) is 0 Å². The van der Waals surface area contributed by atoms with Crippen LogP contribution in [0, 0.1) is 0 Å². The van der Waals surface area contributed by atoms with E-state index in [2.05, 4.69) is 19.9 Å². The lowest BCUT2D eigenvalue weighted by Crippen LogP contribution is -2.11. The van der Waals surface area contributed by atoms with E-state index in [1.165, 1.54) is 24.5 Å². The van der Waals surface area contributed by atoms with Crippen LogP contribution in [0.2, 0.25) is 0 Å². The summed E-state index contributed by atoms with van der Waals surface area (Å²) in [5.74, 6) is 0. The zero-order chi connectivity index (χ0) is 28.5. The van der Waals surface area contributed by atoms with Crippen molar-refractivity contribution in [1.82, 2.24) is 19.9 Å². The Bertz CT molecular complexity index is 1230. The van der Waals surface area contributed by atoms with Crippen LogP contribution in [0.4, 0.5) is 26.3 Å². The molecule has 4 nitrogen and oxygen atoms in total. The summed E-state index contributed by atoms with van der Waals surface area (Å²) < 4.78 is 78.5. The van der Waals surface area contributed by atoms with E-state index in [-0.39, 0.29) is 22.2 Å². The Kier molecular flexibility index (Phi) is 7.86. The van der Waals surface area contributed by atoms with Crippen LogP contribution in [0.5, 0.6) is 0 Å². The Morgan fingerprint density at radius 2 is 0.895 bits per heavy atom. The van der Waals surface area contributed by atoms with E-state index in [0.29, 0.717) is 22.8 Å². The lowest BCUT2D eigenvalue weighted by molar-refractivity contribution is -0.137. The topological polar surface area (TPSA) is 57.4 Å². The van der Waals surface area contributed by atoms with Gasteiger partial charge in [0, 0.05) is 34.6 Å². The molecule has 204 valence electrons. The molecule has 0 aliphatic heterocycles. The second-order valence-electron chi connectivity index (χ2n) is 10.9. The minimum absolute atomic E-state index is 0.0259. The number of halogens is 6. The molecule has 0 saturated heterocycles. The molecule has 4 heterocycles. The van der Waals surface area contributed by atoms with E-state index in [1.54, 1.807) is 36.4 Å². The van der Waals surface area contributed by atoms with E-state index in [1.807, 2.05) is 41.5 Å². The number of nitrogens with one attached hydrogen (secondary N) is 2. The van der Waals surface area contributed by atoms with Gasteiger partial charge in [0.25, 0.3) is 0 Å². The SMILES string of the molecule is CC(C)(C)c1cc(C(F)(F)F)c(-c2ccccn2)[nH]1.CC(C)(C)c1cc(C(F)(F)F)c(-c2ccccn2)[nH]1. The Hall–Kier alpha value is -3.56. The maximum Gasteiger partial charge on any atom is 0.418 e. The van der Waals surface area contributed by atoms with Crippen LogP contribution in [0.3, 0.4) is 0 Å². The Morgan fingerprint density at radius 1 is 0.553 bits per heavy atom. The summed E-state index contributed by atoms with van der Waals surface area (Å²) >= 11 is 0. The molecule has 4 rings (SSSR count). The maximum atomic E-state index is 13.1. The first-order chi connectivity index (χ1) is 17.4. The van der Waals surface area contributed by atoms with Crippen molar-refractivity contribution in [3.05, 3.63) is 83.4 Å². The van der Waals surface area contributed by atoms with Gasteiger partial charge < -0.3 is 9.97 Å². The zero-order valence-electron chi connectivity index (χ0n) is 21.9. The zero-order valence-corrected chi connectivity index (χ0v) is 21.9. The molecule has 4 aromatic heterocycles. The number of aromatic amines is 2. The molecule has 0 radical (unpaired) electrons. The molecule has 0 saturated carbocycles. The number of rotatable bonds is 2. The van der Waals surface area contributed by atoms with Crippen molar-refractivity contribution >= 4 is 0 Å². The van der Waals surface area contributed by atoms with E-state index < -0.39 is 23.5 Å². The molecule has 0 spiro atoms. The highest BCUT2D eigenvalue weighted by molar-refractivity contribution is 5.62. The van der Waals surface area contributed by atoms with Crippen LogP contribution in [-0.4, -0.2) is 19.9 Å². The minimum atomic E-state index is -4.40. The van der Waals surface area contributed by atoms with Crippen molar-refractivity contribution in [3.8, 4) is 22.8 Å². The molecule has 10 heteroatoms. The van der Waals surface area contributed by atoms with Crippen molar-refractivity contribution in [2.24, 2.45) is 0 Å². The van der Waals surface area contributed by atoms with E-state index in [9.17, 15) is 26.3 Å². The molecule has 4 aromatic rings. The molecule has 0 unspecified atom stereocenters. The predicted octanol–water partition coefficient (Wildman–Crippen LogP) is 8.79. The molecule has 0 atom stereocenters. The molecular formula is C28H30F6N4. The van der Waals surface area contributed by atoms with Gasteiger partial charge in [0.1, 0.15) is 0 Å². The number of aromatic nitrogens is 4. The third kappa shape index (κ3) is 6.85. The summed E-state index contributed by atoms with van der Waals surface area (Å²) in [4.78, 5) is 13.7. The molecule has 2 N–H and O–H groups in total. The average Bonchev–Trinajstić information content (AvgIpc) is 3.46. The van der Waals surface area contributed by atoms with Crippen LogP contribution in [0.15, 0.2) is 60.9 Å². The first-order valence-electron chi connectivity index (χ1n) is 11.8. The van der Waals surface area contributed by atoms with Gasteiger partial charge in [-0.25, -0.2) is 0 Å². The van der Waals surface area contributed by atoms with Crippen molar-refractivity contribution in [2.75, 3.05) is 0 Å². The first-order valence-corrected chi connectivity index (χ1v) is 11.8. The van der Waals surface area contributed by atoms with Crippen molar-refractivity contribution in [3.63, 3.8) is 0 Å². The van der Waals surface area contributed by atoms with Crippen LogP contribution < -0.4 is 0 Å². The van der Waals surface area contributed by atoms with E-state index >= 15 is 0 Å². The van der Waals surface area contributed by atoms with Gasteiger partial charge in [-0.15, -0.1) is 0 Å². The standard InChI is InChI=1S/2C14H15F3N2/c2*1-13(2,3)11-8-9(14(15,16)17)12(19-11)10-6-4-5-7-18-10/h2*4-8,19H,1-3H3. The smallest absolute Gasteiger partial charge is 0.356 e. The third-order valence-electron chi connectivity index (χ3n) is 5.70. The monoisotopic (exact) mass is 536 g/mol. The molecule has 0 aliphatic carbocycles. The fraction of sp³-hybridized carbons (Fsp3) is 0.357. The summed E-state index contributed by atoms with van der Waals surface area (Å²) in [5.41, 5.74) is -0.375. The van der Waals surface area contributed by atoms with Gasteiger partial charge in [0.05, 0.1) is 33.9 Å². The largest absolute Gasteiger partial charge is 0.418 e. The van der Waals surface area contributed by atoms with Gasteiger partial charge in [0.15, 0.2) is 0 Å². The molecule has 0 aliphatic rings. The first kappa shape index (κ1) is 29.0. The normalized spacial score (nSPS) is 12.7. The lowest BCUT2D eigenvalue weighted by Gasteiger charge is -2.16. The number of hydrogen-bond acceptors (Lipinski definition) is 2. The second kappa shape index (κ2) is 10.3. The fourth-order valence-electron chi connectivity index (χ4n) is 3.59. The van der Waals surface area contributed by atoms with Crippen LogP contribution >= 0.6 is 0 Å². The minimum Gasteiger partial charge on any atom is -0.356 e. The highest BCUT2D eigenvalue weighted by atomic mass is 19.4. The predicted molar refractivity (Wildman–Crippen MR) is 135 cm³/mol. The number of alkyl halides is 6. The van der Waals surface area contributed by atoms with E-state index in [0.717, 1.165) is 0 Å². The molecule has 0 amide bonds. The average molecular weight is 537 g/mol. The number of hydrogen-bond donors (Lipinski definition) is 2. The summed E-state index contributed by atoms with van der Waals surface area (Å²) in [6.07, 6.45) is -5.83. The molecule has 0 aromatic carbocycles. The maximum absolute atomic E-state index is 13.1. The Balaban J connectivity index is 0.000000211. The molecule has 38 heavy (non-hydrogen) atoms. The number of H-pyrrole nitrogens is 2. The van der Waals surface area contributed by atoms with Gasteiger partial charge >= 0.3 is 12.4 Å². The van der Waals surface area contributed by atoms with Crippen LogP contribution in [-0.2, 0) is 23.2 Å². The van der Waals surface area contributed by atoms with E-state index in [4.69, 9.17) is 0 Å². The fourth-order valence-corrected chi connectivity index (χ4v) is 3.59. The summed E-state index contributed by atoms with van der Waals surface area (Å²) in [7, 11) is 0. The van der Waals surface area contributed by atoms with Crippen LogP contribution in [0.25, 0.3) is 22.8 Å².